The molecule has 1 heterocycles. The Balaban J connectivity index is 2.26. The zero-order chi connectivity index (χ0) is 15.7. The fourth-order valence-electron chi connectivity index (χ4n) is 2.34. The Labute approximate surface area is 124 Å². The van der Waals surface area contributed by atoms with Crippen LogP contribution in [0.25, 0.3) is 0 Å². The molecule has 2 rings (SSSR count). The van der Waals surface area contributed by atoms with Gasteiger partial charge in [0.05, 0.1) is 12.2 Å². The summed E-state index contributed by atoms with van der Waals surface area (Å²) >= 11 is 0. The number of aromatic nitrogens is 1. The van der Waals surface area contributed by atoms with E-state index < -0.39 is 0 Å². The minimum absolute atomic E-state index is 0.0563. The van der Waals surface area contributed by atoms with E-state index in [1.165, 1.54) is 0 Å². The van der Waals surface area contributed by atoms with E-state index >= 15 is 0 Å². The molecule has 0 radical (unpaired) electrons. The molecule has 2 N–H and O–H groups in total. The van der Waals surface area contributed by atoms with Crippen molar-refractivity contribution in [3.05, 3.63) is 45.8 Å². The molecule has 2 aromatic rings. The van der Waals surface area contributed by atoms with Crippen LogP contribution in [0.2, 0.25) is 0 Å². The van der Waals surface area contributed by atoms with Crippen LogP contribution >= 0.6 is 0 Å². The minimum Gasteiger partial charge on any atom is -0.398 e. The average Bonchev–Trinajstić information content (AvgIpc) is 2.74. The molecule has 0 aliphatic carbocycles. The summed E-state index contributed by atoms with van der Waals surface area (Å²) in [4.78, 5) is 14.3. The Hall–Kier alpha value is -2.30. The van der Waals surface area contributed by atoms with Gasteiger partial charge in [-0.1, -0.05) is 11.2 Å². The van der Waals surface area contributed by atoms with E-state index in [-0.39, 0.29) is 5.91 Å². The lowest BCUT2D eigenvalue weighted by Crippen LogP contribution is -2.27. The topological polar surface area (TPSA) is 72.4 Å². The molecule has 0 fully saturated rings. The molecule has 0 saturated carbocycles. The van der Waals surface area contributed by atoms with Gasteiger partial charge in [-0.15, -0.1) is 0 Å². The second-order valence-corrected chi connectivity index (χ2v) is 5.49. The van der Waals surface area contributed by atoms with Gasteiger partial charge in [0.1, 0.15) is 5.76 Å². The maximum Gasteiger partial charge on any atom is 0.254 e. The smallest absolute Gasteiger partial charge is 0.254 e. The zero-order valence-corrected chi connectivity index (χ0v) is 13.2. The summed E-state index contributed by atoms with van der Waals surface area (Å²) < 4.78 is 5.13. The van der Waals surface area contributed by atoms with Crippen LogP contribution in [0.1, 0.15) is 38.5 Å². The van der Waals surface area contributed by atoms with Crippen molar-refractivity contribution in [3.8, 4) is 0 Å². The van der Waals surface area contributed by atoms with Gasteiger partial charge in [-0.05, 0) is 44.9 Å². The number of carbonyl (C=O) groups is 1. The van der Waals surface area contributed by atoms with Gasteiger partial charge < -0.3 is 15.2 Å². The van der Waals surface area contributed by atoms with Crippen molar-refractivity contribution >= 4 is 11.6 Å². The van der Waals surface area contributed by atoms with E-state index in [1.54, 1.807) is 18.0 Å². The van der Waals surface area contributed by atoms with Gasteiger partial charge in [0.2, 0.25) is 0 Å². The Morgan fingerprint density at radius 2 is 1.90 bits per heavy atom. The molecular weight excluding hydrogens is 266 g/mol. The lowest BCUT2D eigenvalue weighted by Gasteiger charge is -2.19. The van der Waals surface area contributed by atoms with Crippen molar-refractivity contribution in [3.63, 3.8) is 0 Å². The highest BCUT2D eigenvalue weighted by Gasteiger charge is 2.18. The molecule has 0 unspecified atom stereocenters. The SMILES string of the molecule is Cc1cc(C)c(C(=O)N(C)Cc2c(C)noc2C)cc1N. The summed E-state index contributed by atoms with van der Waals surface area (Å²) in [6, 6.07) is 3.68. The van der Waals surface area contributed by atoms with Crippen molar-refractivity contribution in [2.45, 2.75) is 34.2 Å². The first-order valence-corrected chi connectivity index (χ1v) is 6.85. The summed E-state index contributed by atoms with van der Waals surface area (Å²) in [5.41, 5.74) is 10.9. The van der Waals surface area contributed by atoms with Crippen LogP contribution in [0, 0.1) is 27.7 Å². The van der Waals surface area contributed by atoms with E-state index in [2.05, 4.69) is 5.16 Å². The first kappa shape index (κ1) is 15.1. The van der Waals surface area contributed by atoms with Gasteiger partial charge in [0.25, 0.3) is 5.91 Å². The van der Waals surface area contributed by atoms with Crippen molar-refractivity contribution in [1.82, 2.24) is 10.1 Å². The number of amides is 1. The van der Waals surface area contributed by atoms with E-state index in [1.807, 2.05) is 33.8 Å². The van der Waals surface area contributed by atoms with Gasteiger partial charge in [0.15, 0.2) is 0 Å². The Morgan fingerprint density at radius 1 is 1.24 bits per heavy atom. The van der Waals surface area contributed by atoms with Gasteiger partial charge in [-0.3, -0.25) is 4.79 Å². The number of carbonyl (C=O) groups excluding carboxylic acids is 1. The van der Waals surface area contributed by atoms with Gasteiger partial charge in [-0.2, -0.15) is 0 Å². The molecule has 5 heteroatoms. The third-order valence-electron chi connectivity index (χ3n) is 3.77. The highest BCUT2D eigenvalue weighted by atomic mass is 16.5. The zero-order valence-electron chi connectivity index (χ0n) is 13.2. The van der Waals surface area contributed by atoms with Crippen LogP contribution < -0.4 is 5.73 Å². The summed E-state index contributed by atoms with van der Waals surface area (Å²) in [5.74, 6) is 0.687. The van der Waals surface area contributed by atoms with Crippen LogP contribution in [0.4, 0.5) is 5.69 Å². The molecular formula is C16H21N3O2. The maximum absolute atomic E-state index is 12.6. The number of rotatable bonds is 3. The Bertz CT molecular complexity index is 670. The number of hydrogen-bond acceptors (Lipinski definition) is 4. The number of anilines is 1. The average molecular weight is 287 g/mol. The van der Waals surface area contributed by atoms with E-state index in [0.717, 1.165) is 28.1 Å². The fraction of sp³-hybridized carbons (Fsp3) is 0.375. The highest BCUT2D eigenvalue weighted by molar-refractivity contribution is 5.96. The Kier molecular flexibility index (Phi) is 4.02. The second-order valence-electron chi connectivity index (χ2n) is 5.49. The largest absolute Gasteiger partial charge is 0.398 e. The quantitative estimate of drug-likeness (QED) is 0.881. The van der Waals surface area contributed by atoms with Crippen LogP contribution in [-0.4, -0.2) is 23.0 Å². The standard InChI is InChI=1S/C16H21N3O2/c1-9-6-10(2)15(17)7-13(9)16(20)19(5)8-14-11(3)18-21-12(14)4/h6-7H,8,17H2,1-5H3. The first-order chi connectivity index (χ1) is 9.81. The van der Waals surface area contributed by atoms with Crippen LogP contribution in [0.3, 0.4) is 0 Å². The fourth-order valence-corrected chi connectivity index (χ4v) is 2.34. The monoisotopic (exact) mass is 287 g/mol. The Morgan fingerprint density at radius 3 is 2.48 bits per heavy atom. The highest BCUT2D eigenvalue weighted by Crippen LogP contribution is 2.21. The number of nitrogen functional groups attached to an aromatic ring is 1. The summed E-state index contributed by atoms with van der Waals surface area (Å²) in [5, 5.41) is 3.91. The predicted molar refractivity (Wildman–Crippen MR) is 82.1 cm³/mol. The molecule has 0 aliphatic heterocycles. The molecule has 0 saturated heterocycles. The van der Waals surface area contributed by atoms with Crippen LogP contribution in [-0.2, 0) is 6.54 Å². The molecule has 0 bridgehead atoms. The molecule has 0 atom stereocenters. The maximum atomic E-state index is 12.6. The minimum atomic E-state index is -0.0563. The number of nitrogens with two attached hydrogens (primary N) is 1. The van der Waals surface area contributed by atoms with E-state index in [0.29, 0.717) is 17.8 Å². The molecule has 0 aliphatic rings. The van der Waals surface area contributed by atoms with Crippen molar-refractivity contribution in [2.24, 2.45) is 0 Å². The number of nitrogens with zero attached hydrogens (tertiary/aromatic N) is 2. The van der Waals surface area contributed by atoms with Gasteiger partial charge in [-0.25, -0.2) is 0 Å². The molecule has 1 aromatic heterocycles. The molecule has 1 aromatic carbocycles. The molecule has 21 heavy (non-hydrogen) atoms. The van der Waals surface area contributed by atoms with Crippen LogP contribution in [0.15, 0.2) is 16.7 Å². The van der Waals surface area contributed by atoms with Crippen LogP contribution in [0.5, 0.6) is 0 Å². The van der Waals surface area contributed by atoms with Crippen molar-refractivity contribution in [2.75, 3.05) is 12.8 Å². The summed E-state index contributed by atoms with van der Waals surface area (Å²) in [6.45, 7) is 8.04. The summed E-state index contributed by atoms with van der Waals surface area (Å²) in [7, 11) is 1.77. The normalized spacial score (nSPS) is 10.7. The van der Waals surface area contributed by atoms with Crippen molar-refractivity contribution in [1.29, 1.82) is 0 Å². The second kappa shape index (κ2) is 5.60. The van der Waals surface area contributed by atoms with Crippen molar-refractivity contribution < 1.29 is 9.32 Å². The number of benzene rings is 1. The number of hydrogen-bond donors (Lipinski definition) is 1. The number of aryl methyl sites for hydroxylation is 4. The predicted octanol–water partition coefficient (Wildman–Crippen LogP) is 2.76. The van der Waals surface area contributed by atoms with Gasteiger partial charge >= 0.3 is 0 Å². The van der Waals surface area contributed by atoms with E-state index in [9.17, 15) is 4.79 Å². The lowest BCUT2D eigenvalue weighted by molar-refractivity contribution is 0.0784. The molecule has 112 valence electrons. The summed E-state index contributed by atoms with van der Waals surface area (Å²) in [6.07, 6.45) is 0. The molecule has 0 spiro atoms. The molecule has 1 amide bonds. The third-order valence-corrected chi connectivity index (χ3v) is 3.77. The van der Waals surface area contributed by atoms with Gasteiger partial charge in [0, 0.05) is 23.9 Å². The lowest BCUT2D eigenvalue weighted by atomic mass is 10.0. The molecule has 5 nitrogen and oxygen atoms in total. The van der Waals surface area contributed by atoms with E-state index in [4.69, 9.17) is 10.3 Å². The third kappa shape index (κ3) is 2.91. The first-order valence-electron chi connectivity index (χ1n) is 6.85.